The standard InChI is InChI=1S/C53H67N5O14/c1-3-38-39-27-37(13-14-43(39)56-48-40(38)31-57-44(48)28-42-41(50(57)63)32-71-52(65)53(42,66)4-2)72-51(64)36-11-5-33(6-12-36)29-55-45(59)17-19-67-21-23-69-25-26-70-24-22-68-20-18-54-49(62)35-9-7-34(8-10-35)30-58-46(60)15-16-47(58)61/h13-16,27-28,33-36,66H,3-12,17-26,29-32H2,1-2H3,(H,54,62)(H,55,59)/t33?,34?,35?,36?,53-/m0/s1. The van der Waals surface area contributed by atoms with Gasteiger partial charge in [-0.2, -0.15) is 0 Å². The molecule has 0 saturated heterocycles. The lowest BCUT2D eigenvalue weighted by Gasteiger charge is -2.31. The number of carbonyl (C=O) groups is 6. The molecule has 1 aromatic carbocycles. The van der Waals surface area contributed by atoms with Crippen molar-refractivity contribution in [1.29, 1.82) is 0 Å². The molecule has 0 spiro atoms. The van der Waals surface area contributed by atoms with Crippen LogP contribution in [0.1, 0.15) is 100 Å². The first kappa shape index (κ1) is 52.5. The zero-order valence-electron chi connectivity index (χ0n) is 41.3. The van der Waals surface area contributed by atoms with Gasteiger partial charge in [-0.25, -0.2) is 9.78 Å². The molecule has 388 valence electrons. The van der Waals surface area contributed by atoms with Gasteiger partial charge in [0.25, 0.3) is 17.4 Å². The molecule has 8 rings (SSSR count). The van der Waals surface area contributed by atoms with Crippen LogP contribution in [0.4, 0.5) is 0 Å². The monoisotopic (exact) mass is 997 g/mol. The maximum absolute atomic E-state index is 13.7. The molecule has 4 amide bonds. The molecular formula is C53H67N5O14. The number of nitrogens with one attached hydrogen (secondary N) is 2. The van der Waals surface area contributed by atoms with E-state index < -0.39 is 11.6 Å². The Labute approximate surface area is 418 Å². The van der Waals surface area contributed by atoms with Crippen molar-refractivity contribution in [2.75, 3.05) is 72.5 Å². The van der Waals surface area contributed by atoms with E-state index in [0.29, 0.717) is 108 Å². The number of imide groups is 1. The largest absolute Gasteiger partial charge is 0.458 e. The molecule has 3 aromatic rings. The number of nitrogens with zero attached hydrogens (tertiary/aromatic N) is 3. The summed E-state index contributed by atoms with van der Waals surface area (Å²) in [6.07, 6.45) is 9.51. The van der Waals surface area contributed by atoms with Crippen molar-refractivity contribution in [2.24, 2.45) is 23.7 Å². The predicted molar refractivity (Wildman–Crippen MR) is 260 cm³/mol. The summed E-state index contributed by atoms with van der Waals surface area (Å²) in [6, 6.07) is 7.08. The second kappa shape index (κ2) is 24.2. The summed E-state index contributed by atoms with van der Waals surface area (Å²) in [7, 11) is 0. The zero-order chi connectivity index (χ0) is 50.8. The topological polar surface area (TPSA) is 240 Å². The highest BCUT2D eigenvalue weighted by atomic mass is 16.6. The number of rotatable bonds is 24. The smallest absolute Gasteiger partial charge is 0.343 e. The zero-order valence-corrected chi connectivity index (χ0v) is 41.3. The first-order valence-corrected chi connectivity index (χ1v) is 25.6. The Morgan fingerprint density at radius 2 is 1.42 bits per heavy atom. The van der Waals surface area contributed by atoms with E-state index in [-0.39, 0.29) is 103 Å². The number of hydrogen-bond acceptors (Lipinski definition) is 15. The molecule has 3 N–H and O–H groups in total. The van der Waals surface area contributed by atoms with E-state index in [4.69, 9.17) is 33.4 Å². The number of amides is 4. The number of benzene rings is 1. The van der Waals surface area contributed by atoms with Crippen molar-refractivity contribution >= 4 is 46.5 Å². The molecule has 2 saturated carbocycles. The van der Waals surface area contributed by atoms with Crippen LogP contribution in [0.3, 0.4) is 0 Å². The molecule has 0 radical (unpaired) electrons. The molecule has 0 bridgehead atoms. The number of hydrogen-bond donors (Lipinski definition) is 3. The maximum atomic E-state index is 13.7. The fraction of sp³-hybridized carbons (Fsp3) is 0.585. The van der Waals surface area contributed by atoms with Gasteiger partial charge in [-0.3, -0.25) is 33.7 Å². The molecule has 2 aromatic heterocycles. The lowest BCUT2D eigenvalue weighted by atomic mass is 9.81. The van der Waals surface area contributed by atoms with Gasteiger partial charge in [-0.1, -0.05) is 13.8 Å². The van der Waals surface area contributed by atoms with Gasteiger partial charge in [-0.05, 0) is 106 Å². The van der Waals surface area contributed by atoms with E-state index in [1.54, 1.807) is 23.6 Å². The third-order valence-electron chi connectivity index (χ3n) is 14.8. The minimum atomic E-state index is -1.91. The Hall–Kier alpha value is -5.86. The molecule has 19 nitrogen and oxygen atoms in total. The van der Waals surface area contributed by atoms with Gasteiger partial charge in [0.2, 0.25) is 11.8 Å². The Balaban J connectivity index is 0.640. The Kier molecular flexibility index (Phi) is 17.7. The van der Waals surface area contributed by atoms with E-state index in [1.165, 1.54) is 17.1 Å². The molecule has 1 atom stereocenters. The van der Waals surface area contributed by atoms with Crippen molar-refractivity contribution in [3.63, 3.8) is 0 Å². The number of aryl methyl sites for hydroxylation is 1. The number of pyridine rings is 2. The van der Waals surface area contributed by atoms with Crippen LogP contribution in [0, 0.1) is 23.7 Å². The SMILES string of the molecule is CCc1c2c(nc3ccc(OC(=O)C4CCC(CNC(=O)CCOCCOCCOCCOCCNC(=O)C5CCC(CN6C(=O)C=CC6=O)CC5)CC4)cc13)-c1cc3c(c(=O)n1C2)COC(=O)[C@]3(O)CC. The van der Waals surface area contributed by atoms with E-state index in [1.807, 2.05) is 19.1 Å². The molecule has 2 aliphatic carbocycles. The van der Waals surface area contributed by atoms with Crippen molar-refractivity contribution in [3.05, 3.63) is 69.0 Å². The first-order valence-electron chi connectivity index (χ1n) is 25.6. The third-order valence-corrected chi connectivity index (χ3v) is 14.8. The van der Waals surface area contributed by atoms with Crippen LogP contribution in [0.5, 0.6) is 5.75 Å². The Morgan fingerprint density at radius 3 is 2.08 bits per heavy atom. The Bertz CT molecular complexity index is 2580. The summed E-state index contributed by atoms with van der Waals surface area (Å²) in [5, 5.41) is 18.0. The van der Waals surface area contributed by atoms with Crippen molar-refractivity contribution < 1.29 is 62.3 Å². The van der Waals surface area contributed by atoms with Gasteiger partial charge in [0.15, 0.2) is 5.60 Å². The molecule has 0 unspecified atom stereocenters. The lowest BCUT2D eigenvalue weighted by Crippen LogP contribution is -2.44. The fourth-order valence-electron chi connectivity index (χ4n) is 10.6. The second-order valence-electron chi connectivity index (χ2n) is 19.3. The summed E-state index contributed by atoms with van der Waals surface area (Å²) in [6.45, 7) is 8.11. The van der Waals surface area contributed by atoms with E-state index in [0.717, 1.165) is 55.0 Å². The second-order valence-corrected chi connectivity index (χ2v) is 19.3. The van der Waals surface area contributed by atoms with Crippen LogP contribution < -0.4 is 20.9 Å². The van der Waals surface area contributed by atoms with E-state index in [2.05, 4.69) is 10.6 Å². The first-order chi connectivity index (χ1) is 34.9. The van der Waals surface area contributed by atoms with Gasteiger partial charge in [0.1, 0.15) is 12.4 Å². The van der Waals surface area contributed by atoms with Crippen LogP contribution in [0.15, 0.2) is 41.2 Å². The van der Waals surface area contributed by atoms with Crippen molar-refractivity contribution in [3.8, 4) is 17.1 Å². The maximum Gasteiger partial charge on any atom is 0.343 e. The van der Waals surface area contributed by atoms with Crippen molar-refractivity contribution in [2.45, 2.75) is 103 Å². The van der Waals surface area contributed by atoms with Gasteiger partial charge in [0, 0.05) is 60.6 Å². The van der Waals surface area contributed by atoms with E-state index in [9.17, 15) is 38.7 Å². The summed E-state index contributed by atoms with van der Waals surface area (Å²) in [4.78, 5) is 94.6. The number of fused-ring (bicyclic) bond motifs is 5. The number of carbonyl (C=O) groups excluding carboxylic acids is 6. The van der Waals surface area contributed by atoms with Crippen LogP contribution in [0.2, 0.25) is 0 Å². The minimum absolute atomic E-state index is 0.0117. The molecule has 3 aliphatic heterocycles. The normalized spacial score (nSPS) is 22.4. The highest BCUT2D eigenvalue weighted by Crippen LogP contribution is 2.41. The molecule has 2 fully saturated rings. The predicted octanol–water partition coefficient (Wildman–Crippen LogP) is 3.77. The highest BCUT2D eigenvalue weighted by Gasteiger charge is 2.45. The van der Waals surface area contributed by atoms with Gasteiger partial charge >= 0.3 is 11.9 Å². The number of ether oxygens (including phenoxy) is 6. The van der Waals surface area contributed by atoms with Crippen LogP contribution >= 0.6 is 0 Å². The average molecular weight is 998 g/mol. The number of cyclic esters (lactones) is 1. The van der Waals surface area contributed by atoms with Crippen LogP contribution in [-0.2, 0) is 77.6 Å². The van der Waals surface area contributed by atoms with Crippen LogP contribution in [-0.4, -0.2) is 128 Å². The molecule has 72 heavy (non-hydrogen) atoms. The molecule has 5 heterocycles. The molecule has 19 heteroatoms. The fourth-order valence-corrected chi connectivity index (χ4v) is 10.6. The lowest BCUT2D eigenvalue weighted by molar-refractivity contribution is -0.172. The summed E-state index contributed by atoms with van der Waals surface area (Å²) < 4.78 is 35.0. The number of esters is 2. The molecule has 5 aliphatic rings. The van der Waals surface area contributed by atoms with Gasteiger partial charge < -0.3 is 48.7 Å². The van der Waals surface area contributed by atoms with Crippen LogP contribution in [0.25, 0.3) is 22.3 Å². The van der Waals surface area contributed by atoms with E-state index >= 15 is 0 Å². The quantitative estimate of drug-likeness (QED) is 0.0392. The number of aliphatic hydroxyl groups is 1. The minimum Gasteiger partial charge on any atom is -0.458 e. The highest BCUT2D eigenvalue weighted by molar-refractivity contribution is 6.12. The summed E-state index contributed by atoms with van der Waals surface area (Å²) in [5.74, 6) is -1.06. The Morgan fingerprint density at radius 1 is 0.778 bits per heavy atom. The third kappa shape index (κ3) is 12.1. The van der Waals surface area contributed by atoms with Gasteiger partial charge in [-0.15, -0.1) is 0 Å². The summed E-state index contributed by atoms with van der Waals surface area (Å²) >= 11 is 0. The van der Waals surface area contributed by atoms with Gasteiger partial charge in [0.05, 0.1) is 87.8 Å². The summed E-state index contributed by atoms with van der Waals surface area (Å²) in [5.41, 5.74) is 2.02. The van der Waals surface area contributed by atoms with Crippen molar-refractivity contribution in [1.82, 2.24) is 25.1 Å². The number of aromatic nitrogens is 2. The average Bonchev–Trinajstić information content (AvgIpc) is 3.92. The molecular weight excluding hydrogens is 931 g/mol.